The Morgan fingerprint density at radius 2 is 1.50 bits per heavy atom. The molecule has 0 saturated carbocycles. The van der Waals surface area contributed by atoms with E-state index in [0.717, 1.165) is 27.8 Å². The van der Waals surface area contributed by atoms with Crippen LogP contribution in [0.15, 0.2) is 54.7 Å². The van der Waals surface area contributed by atoms with E-state index < -0.39 is 11.2 Å². The highest BCUT2D eigenvalue weighted by Gasteiger charge is 2.36. The zero-order valence-corrected chi connectivity index (χ0v) is 18.0. The monoisotopic (exact) mass is 406 g/mol. The first-order valence-electron chi connectivity index (χ1n) is 9.80. The molecule has 2 aromatic carbocycles. The van der Waals surface area contributed by atoms with Gasteiger partial charge in [0.05, 0.1) is 29.6 Å². The lowest BCUT2D eigenvalue weighted by atomic mass is 9.82. The highest BCUT2D eigenvalue weighted by Crippen LogP contribution is 2.26. The molecule has 3 rings (SSSR count). The molecular formula is C23H27BN2O4. The average molecular weight is 406 g/mol. The van der Waals surface area contributed by atoms with Gasteiger partial charge in [-0.25, -0.2) is 4.79 Å². The van der Waals surface area contributed by atoms with Crippen LogP contribution >= 0.6 is 0 Å². The number of nitrogens with one attached hydrogen (secondary N) is 1. The van der Waals surface area contributed by atoms with E-state index in [1.54, 1.807) is 26.0 Å². The summed E-state index contributed by atoms with van der Waals surface area (Å²) in [7, 11) is 1.70. The molecule has 6 nitrogen and oxygen atoms in total. The number of esters is 1. The molecule has 0 radical (unpaired) electrons. The van der Waals surface area contributed by atoms with E-state index in [-0.39, 0.29) is 5.97 Å². The van der Waals surface area contributed by atoms with E-state index >= 15 is 0 Å². The number of carbonyl (C=O) groups is 1. The second-order valence-electron chi connectivity index (χ2n) is 8.26. The van der Waals surface area contributed by atoms with E-state index in [9.17, 15) is 9.90 Å². The van der Waals surface area contributed by atoms with Crippen molar-refractivity contribution in [1.82, 2.24) is 10.2 Å². The van der Waals surface area contributed by atoms with E-state index in [1.807, 2.05) is 56.4 Å². The number of nitrogens with zero attached hydrogens (tertiary/aromatic N) is 1. The molecule has 2 N–H and O–H groups in total. The molecule has 0 unspecified atom stereocenters. The van der Waals surface area contributed by atoms with E-state index in [2.05, 4.69) is 10.2 Å². The van der Waals surface area contributed by atoms with Crippen LogP contribution in [0.3, 0.4) is 0 Å². The molecule has 7 heteroatoms. The number of hydrogen-bond donors (Lipinski definition) is 2. The Morgan fingerprint density at radius 3 is 2.03 bits per heavy atom. The van der Waals surface area contributed by atoms with E-state index in [1.165, 1.54) is 7.11 Å². The van der Waals surface area contributed by atoms with Gasteiger partial charge in [-0.3, -0.25) is 5.10 Å². The van der Waals surface area contributed by atoms with Gasteiger partial charge in [-0.05, 0) is 56.4 Å². The molecule has 0 bridgehead atoms. The summed E-state index contributed by atoms with van der Waals surface area (Å²) in [6.45, 7) is 7.21. The van der Waals surface area contributed by atoms with Crippen LogP contribution in [0.4, 0.5) is 0 Å². The van der Waals surface area contributed by atoms with Gasteiger partial charge in [-0.2, -0.15) is 5.10 Å². The minimum Gasteiger partial charge on any atom is -0.465 e. The molecule has 156 valence electrons. The highest BCUT2D eigenvalue weighted by molar-refractivity contribution is 6.49. The van der Waals surface area contributed by atoms with Crippen LogP contribution in [0.25, 0.3) is 22.4 Å². The van der Waals surface area contributed by atoms with Gasteiger partial charge < -0.3 is 14.5 Å². The van der Waals surface area contributed by atoms with Gasteiger partial charge in [0.2, 0.25) is 0 Å². The van der Waals surface area contributed by atoms with Crippen molar-refractivity contribution in [3.63, 3.8) is 0 Å². The third-order valence-corrected chi connectivity index (χ3v) is 5.58. The molecule has 0 spiro atoms. The van der Waals surface area contributed by atoms with Crippen molar-refractivity contribution in [2.24, 2.45) is 0 Å². The Balaban J connectivity index is 1.76. The summed E-state index contributed by atoms with van der Waals surface area (Å²) in [5.74, 6) is -0.349. The lowest BCUT2D eigenvalue weighted by Crippen LogP contribution is -2.49. The van der Waals surface area contributed by atoms with E-state index in [4.69, 9.17) is 9.39 Å². The minimum atomic E-state index is -0.970. The van der Waals surface area contributed by atoms with E-state index in [0.29, 0.717) is 13.0 Å². The smallest absolute Gasteiger partial charge is 0.337 e. The molecule has 0 amide bonds. The van der Waals surface area contributed by atoms with Crippen LogP contribution in [0.1, 0.15) is 38.1 Å². The molecular weight excluding hydrogens is 379 g/mol. The Kier molecular flexibility index (Phi) is 6.15. The fraction of sp³-hybridized carbons (Fsp3) is 0.304. The molecule has 0 fully saturated rings. The molecule has 3 aromatic rings. The second kappa shape index (κ2) is 8.46. The van der Waals surface area contributed by atoms with Crippen molar-refractivity contribution >= 4 is 18.9 Å². The number of aromatic nitrogens is 2. The van der Waals surface area contributed by atoms with Crippen LogP contribution in [0.2, 0.25) is 0 Å². The largest absolute Gasteiger partial charge is 0.465 e. The molecule has 0 aliphatic heterocycles. The van der Waals surface area contributed by atoms with Gasteiger partial charge in [0.25, 0.3) is 0 Å². The number of benzene rings is 2. The molecule has 0 aliphatic carbocycles. The zero-order chi connectivity index (χ0) is 21.9. The van der Waals surface area contributed by atoms with Crippen molar-refractivity contribution in [3.05, 3.63) is 60.3 Å². The first-order chi connectivity index (χ1) is 14.1. The predicted octanol–water partition coefficient (Wildman–Crippen LogP) is 3.07. The molecule has 0 atom stereocenters. The zero-order valence-electron chi connectivity index (χ0n) is 18.0. The topological polar surface area (TPSA) is 84.4 Å². The summed E-state index contributed by atoms with van der Waals surface area (Å²) in [5, 5.41) is 17.6. The fourth-order valence-electron chi connectivity index (χ4n) is 2.85. The van der Waals surface area contributed by atoms with Crippen LogP contribution in [-0.2, 0) is 9.39 Å². The summed E-state index contributed by atoms with van der Waals surface area (Å²) in [5.41, 5.74) is 3.58. The van der Waals surface area contributed by atoms with Gasteiger partial charge in [0.1, 0.15) is 0 Å². The van der Waals surface area contributed by atoms with Crippen LogP contribution in [0.5, 0.6) is 0 Å². The number of ether oxygens (including phenoxy) is 1. The summed E-state index contributed by atoms with van der Waals surface area (Å²) < 4.78 is 10.7. The van der Waals surface area contributed by atoms with Gasteiger partial charge in [-0.15, -0.1) is 0 Å². The Bertz CT molecular complexity index is 1000. The minimum absolute atomic E-state index is 0.333. The molecule has 0 saturated heterocycles. The summed E-state index contributed by atoms with van der Waals surface area (Å²) >= 11 is 0. The number of rotatable bonds is 7. The van der Waals surface area contributed by atoms with Gasteiger partial charge in [0, 0.05) is 11.8 Å². The van der Waals surface area contributed by atoms with Crippen molar-refractivity contribution in [1.29, 1.82) is 0 Å². The van der Waals surface area contributed by atoms with Crippen LogP contribution in [-0.4, -0.2) is 47.1 Å². The lowest BCUT2D eigenvalue weighted by molar-refractivity contribution is -0.0893. The normalized spacial score (nSPS) is 11.9. The molecule has 1 heterocycles. The maximum Gasteiger partial charge on any atom is 0.337 e. The van der Waals surface area contributed by atoms with Gasteiger partial charge in [-0.1, -0.05) is 36.4 Å². The number of aliphatic hydroxyl groups is 1. The number of H-pyrrole nitrogens is 1. The van der Waals surface area contributed by atoms with Crippen molar-refractivity contribution in [2.75, 3.05) is 7.11 Å². The SMILES string of the molecule is COC(=O)c1ccc(-c2ccc(-c3n[nH]cc3BOC(C)(C)C(C)(C)O)cc2)cc1. The van der Waals surface area contributed by atoms with Crippen molar-refractivity contribution in [2.45, 2.75) is 38.9 Å². The van der Waals surface area contributed by atoms with Crippen LogP contribution < -0.4 is 5.46 Å². The fourth-order valence-corrected chi connectivity index (χ4v) is 2.85. The Labute approximate surface area is 177 Å². The second-order valence-corrected chi connectivity index (χ2v) is 8.26. The molecule has 0 aliphatic rings. The lowest BCUT2D eigenvalue weighted by Gasteiger charge is -2.37. The summed E-state index contributed by atoms with van der Waals surface area (Å²) in [4.78, 5) is 11.6. The standard InChI is InChI=1S/C23H27BN2O4/c1-22(2,28)23(3,4)30-24-19-14-25-26-20(19)17-10-6-15(7-11-17)16-8-12-18(13-9-16)21(27)29-5/h6-14,24,28H,1-5H3,(H,25,26). The molecule has 30 heavy (non-hydrogen) atoms. The van der Waals surface area contributed by atoms with Crippen molar-refractivity contribution in [3.8, 4) is 22.4 Å². The predicted molar refractivity (Wildman–Crippen MR) is 119 cm³/mol. The number of methoxy groups -OCH3 is 1. The number of aromatic amines is 1. The first kappa shape index (κ1) is 21.8. The first-order valence-corrected chi connectivity index (χ1v) is 9.80. The third kappa shape index (κ3) is 4.63. The molecule has 1 aromatic heterocycles. The highest BCUT2D eigenvalue weighted by atomic mass is 16.5. The quantitative estimate of drug-likeness (QED) is 0.466. The maximum absolute atomic E-state index is 11.6. The van der Waals surface area contributed by atoms with Gasteiger partial charge >= 0.3 is 13.5 Å². The van der Waals surface area contributed by atoms with Gasteiger partial charge in [0.15, 0.2) is 0 Å². The average Bonchev–Trinajstić information content (AvgIpc) is 3.20. The number of carbonyl (C=O) groups excluding carboxylic acids is 1. The summed E-state index contributed by atoms with van der Waals surface area (Å²) in [6, 6.07) is 15.3. The Hall–Kier alpha value is -2.90. The maximum atomic E-state index is 11.6. The summed E-state index contributed by atoms with van der Waals surface area (Å²) in [6.07, 6.45) is 1.81. The van der Waals surface area contributed by atoms with Crippen LogP contribution in [0, 0.1) is 0 Å². The third-order valence-electron chi connectivity index (χ3n) is 5.58. The van der Waals surface area contributed by atoms with Crippen molar-refractivity contribution < 1.29 is 19.3 Å². The number of hydrogen-bond acceptors (Lipinski definition) is 5. The Morgan fingerprint density at radius 1 is 0.967 bits per heavy atom.